The Morgan fingerprint density at radius 1 is 1.56 bits per heavy atom. The second-order valence-electron chi connectivity index (χ2n) is 4.28. The molecule has 7 heteroatoms. The van der Waals surface area contributed by atoms with Crippen LogP contribution in [0.5, 0.6) is 0 Å². The van der Waals surface area contributed by atoms with Gasteiger partial charge in [-0.15, -0.1) is 11.3 Å². The summed E-state index contributed by atoms with van der Waals surface area (Å²) >= 11 is 1.39. The molecular weight excluding hydrogens is 254 g/mol. The molecule has 1 aromatic carbocycles. The normalized spacial score (nSPS) is 19.6. The molecular formula is C11H11N3O3S. The van der Waals surface area contributed by atoms with Gasteiger partial charge in [-0.3, -0.25) is 10.1 Å². The molecule has 1 fully saturated rings. The van der Waals surface area contributed by atoms with Gasteiger partial charge in [0, 0.05) is 13.1 Å². The highest BCUT2D eigenvalue weighted by Gasteiger charge is 2.29. The van der Waals surface area contributed by atoms with E-state index in [1.165, 1.54) is 11.3 Å². The maximum atomic E-state index is 11.3. The van der Waals surface area contributed by atoms with Crippen LogP contribution in [-0.4, -0.2) is 34.2 Å². The zero-order valence-corrected chi connectivity index (χ0v) is 10.3. The Labute approximate surface area is 107 Å². The average molecular weight is 265 g/mol. The van der Waals surface area contributed by atoms with Crippen molar-refractivity contribution in [3.05, 3.63) is 27.8 Å². The van der Waals surface area contributed by atoms with E-state index in [1.54, 1.807) is 11.6 Å². The molecule has 1 aromatic heterocycles. The topological polar surface area (TPSA) is 79.5 Å². The highest BCUT2D eigenvalue weighted by atomic mass is 32.1. The van der Waals surface area contributed by atoms with Crippen LogP contribution in [0.25, 0.3) is 10.2 Å². The first-order valence-electron chi connectivity index (χ1n) is 5.60. The molecule has 3 rings (SSSR count). The Hall–Kier alpha value is -1.73. The van der Waals surface area contributed by atoms with Gasteiger partial charge in [0.2, 0.25) is 0 Å². The minimum atomic E-state index is -0.407. The van der Waals surface area contributed by atoms with Gasteiger partial charge in [-0.1, -0.05) is 0 Å². The van der Waals surface area contributed by atoms with Crippen LogP contribution in [0.2, 0.25) is 0 Å². The number of hydrogen-bond acceptors (Lipinski definition) is 6. The molecule has 2 heterocycles. The number of aliphatic hydroxyl groups is 1. The van der Waals surface area contributed by atoms with Gasteiger partial charge in [0.15, 0.2) is 5.52 Å². The summed E-state index contributed by atoms with van der Waals surface area (Å²) in [4.78, 5) is 16.8. The minimum Gasteiger partial charge on any atom is -0.391 e. The number of fused-ring (bicyclic) bond motifs is 1. The van der Waals surface area contributed by atoms with Crippen molar-refractivity contribution in [3.63, 3.8) is 0 Å². The Morgan fingerprint density at radius 2 is 2.39 bits per heavy atom. The van der Waals surface area contributed by atoms with Crippen LogP contribution in [0.1, 0.15) is 6.42 Å². The number of anilines is 1. The predicted molar refractivity (Wildman–Crippen MR) is 69.1 cm³/mol. The number of β-amino-alcohol motifs (C(OH)–C–C–N with tert-alkyl or cyclic N) is 1. The molecule has 0 amide bonds. The van der Waals surface area contributed by atoms with Gasteiger partial charge in [0.25, 0.3) is 0 Å². The summed E-state index contributed by atoms with van der Waals surface area (Å²) in [5.74, 6) is 0. The Bertz CT molecular complexity index is 613. The molecule has 1 saturated heterocycles. The largest absolute Gasteiger partial charge is 0.391 e. The molecule has 0 aliphatic carbocycles. The number of aromatic nitrogens is 1. The molecule has 1 aliphatic heterocycles. The number of aliphatic hydroxyl groups excluding tert-OH is 1. The maximum absolute atomic E-state index is 11.3. The van der Waals surface area contributed by atoms with Crippen LogP contribution < -0.4 is 4.90 Å². The van der Waals surface area contributed by atoms with E-state index in [1.807, 2.05) is 11.0 Å². The molecule has 0 saturated carbocycles. The molecule has 94 valence electrons. The van der Waals surface area contributed by atoms with Crippen molar-refractivity contribution in [2.24, 2.45) is 0 Å². The summed E-state index contributed by atoms with van der Waals surface area (Å²) < 4.78 is 0.810. The Balaban J connectivity index is 2.16. The molecule has 0 radical (unpaired) electrons. The average Bonchev–Trinajstić information content (AvgIpc) is 2.95. The van der Waals surface area contributed by atoms with Crippen molar-refractivity contribution in [1.29, 1.82) is 0 Å². The van der Waals surface area contributed by atoms with Crippen LogP contribution in [0.3, 0.4) is 0 Å². The van der Waals surface area contributed by atoms with Gasteiger partial charge in [-0.2, -0.15) is 0 Å². The van der Waals surface area contributed by atoms with Gasteiger partial charge in [-0.05, 0) is 18.6 Å². The minimum absolute atomic E-state index is 0.0443. The van der Waals surface area contributed by atoms with E-state index < -0.39 is 6.10 Å². The summed E-state index contributed by atoms with van der Waals surface area (Å²) in [5.41, 5.74) is 2.64. The Kier molecular flexibility index (Phi) is 2.64. The number of thiazole rings is 1. The van der Waals surface area contributed by atoms with Crippen LogP contribution >= 0.6 is 11.3 Å². The molecule has 6 nitrogen and oxygen atoms in total. The smallest absolute Gasteiger partial charge is 0.319 e. The van der Waals surface area contributed by atoms with Crippen molar-refractivity contribution in [2.45, 2.75) is 12.5 Å². The lowest BCUT2D eigenvalue weighted by atomic mass is 10.2. The van der Waals surface area contributed by atoms with E-state index in [4.69, 9.17) is 0 Å². The first-order valence-corrected chi connectivity index (χ1v) is 6.48. The summed E-state index contributed by atoms with van der Waals surface area (Å²) in [5, 5.41) is 20.8. The number of nitrogens with zero attached hydrogens (tertiary/aromatic N) is 3. The van der Waals surface area contributed by atoms with Crippen molar-refractivity contribution >= 4 is 32.9 Å². The predicted octanol–water partition coefficient (Wildman–Crippen LogP) is 1.78. The van der Waals surface area contributed by atoms with E-state index in [2.05, 4.69) is 4.98 Å². The van der Waals surface area contributed by atoms with Crippen LogP contribution in [0, 0.1) is 10.1 Å². The lowest BCUT2D eigenvalue weighted by molar-refractivity contribution is -0.382. The third-order valence-electron chi connectivity index (χ3n) is 3.14. The second kappa shape index (κ2) is 4.18. The van der Waals surface area contributed by atoms with Gasteiger partial charge >= 0.3 is 5.69 Å². The first-order chi connectivity index (χ1) is 8.66. The van der Waals surface area contributed by atoms with Gasteiger partial charge in [0.05, 0.1) is 21.2 Å². The van der Waals surface area contributed by atoms with E-state index in [0.29, 0.717) is 30.7 Å². The van der Waals surface area contributed by atoms with E-state index in [0.717, 1.165) is 4.70 Å². The summed E-state index contributed by atoms with van der Waals surface area (Å²) in [6, 6.07) is 3.59. The monoisotopic (exact) mass is 265 g/mol. The number of benzene rings is 1. The molecule has 1 atom stereocenters. The second-order valence-corrected chi connectivity index (χ2v) is 5.16. The molecule has 1 unspecified atom stereocenters. The van der Waals surface area contributed by atoms with Crippen LogP contribution in [0.4, 0.5) is 11.4 Å². The Morgan fingerprint density at radius 3 is 3.06 bits per heavy atom. The van der Waals surface area contributed by atoms with Crippen LogP contribution in [-0.2, 0) is 0 Å². The first kappa shape index (κ1) is 11.4. The van der Waals surface area contributed by atoms with Crippen molar-refractivity contribution < 1.29 is 10.0 Å². The fraction of sp³-hybridized carbons (Fsp3) is 0.364. The number of nitro benzene ring substituents is 1. The fourth-order valence-electron chi connectivity index (χ4n) is 2.30. The van der Waals surface area contributed by atoms with Crippen molar-refractivity contribution in [3.8, 4) is 0 Å². The van der Waals surface area contributed by atoms with Crippen LogP contribution in [0.15, 0.2) is 17.6 Å². The number of rotatable bonds is 2. The zero-order valence-electron chi connectivity index (χ0n) is 9.44. The number of nitro groups is 1. The SMILES string of the molecule is O=[N+]([O-])c1c(N2CCC(O)C2)ccc2scnc12. The van der Waals surface area contributed by atoms with Gasteiger partial charge in [0.1, 0.15) is 5.69 Å². The lowest BCUT2D eigenvalue weighted by Gasteiger charge is -2.17. The van der Waals surface area contributed by atoms with E-state index >= 15 is 0 Å². The van der Waals surface area contributed by atoms with Gasteiger partial charge < -0.3 is 10.0 Å². The third kappa shape index (κ3) is 1.72. The van der Waals surface area contributed by atoms with Crippen molar-refractivity contribution in [1.82, 2.24) is 4.98 Å². The molecule has 2 aromatic rings. The summed E-state index contributed by atoms with van der Waals surface area (Å²) in [6.45, 7) is 1.08. The maximum Gasteiger partial charge on any atom is 0.319 e. The highest BCUT2D eigenvalue weighted by Crippen LogP contribution is 2.37. The standard InChI is InChI=1S/C11H11N3O3S/c15-7-3-4-13(5-7)8-1-2-9-10(12-6-18-9)11(8)14(16)17/h1-2,6-7,15H,3-5H2. The van der Waals surface area contributed by atoms with Gasteiger partial charge in [-0.25, -0.2) is 4.98 Å². The molecule has 0 bridgehead atoms. The molecule has 18 heavy (non-hydrogen) atoms. The zero-order chi connectivity index (χ0) is 12.7. The molecule has 1 N–H and O–H groups in total. The highest BCUT2D eigenvalue weighted by molar-refractivity contribution is 7.16. The van der Waals surface area contributed by atoms with E-state index in [-0.39, 0.29) is 10.6 Å². The summed E-state index contributed by atoms with van der Waals surface area (Å²) in [7, 11) is 0. The van der Waals surface area contributed by atoms with Crippen molar-refractivity contribution in [2.75, 3.05) is 18.0 Å². The summed E-state index contributed by atoms with van der Waals surface area (Å²) in [6.07, 6.45) is 0.238. The quantitative estimate of drug-likeness (QED) is 0.661. The third-order valence-corrected chi connectivity index (χ3v) is 3.94. The fourth-order valence-corrected chi connectivity index (χ4v) is 2.98. The molecule has 0 spiro atoms. The molecule has 1 aliphatic rings. The van der Waals surface area contributed by atoms with E-state index in [9.17, 15) is 15.2 Å². The lowest BCUT2D eigenvalue weighted by Crippen LogP contribution is -2.22. The number of hydrogen-bond donors (Lipinski definition) is 1.